The van der Waals surface area contributed by atoms with Crippen molar-refractivity contribution in [3.63, 3.8) is 0 Å². The lowest BCUT2D eigenvalue weighted by Gasteiger charge is -2.23. The molecule has 1 unspecified atom stereocenters. The fourth-order valence-electron chi connectivity index (χ4n) is 2.66. The molecule has 5 nitrogen and oxygen atoms in total. The minimum Gasteiger partial charge on any atom is -0.382 e. The van der Waals surface area contributed by atoms with Crippen LogP contribution < -0.4 is 5.73 Å². The molecule has 0 saturated carbocycles. The van der Waals surface area contributed by atoms with Crippen LogP contribution in [0.5, 0.6) is 0 Å². The molecule has 1 heterocycles. The van der Waals surface area contributed by atoms with Crippen LogP contribution in [0.25, 0.3) is 0 Å². The first-order chi connectivity index (χ1) is 10.7. The molecule has 2 N–H and O–H groups in total. The second-order valence-corrected chi connectivity index (χ2v) is 5.38. The summed E-state index contributed by atoms with van der Waals surface area (Å²) in [5.74, 6) is -0.461. The number of nitrogens with two attached hydrogens (primary N) is 1. The Morgan fingerprint density at radius 1 is 1.45 bits per heavy atom. The number of carbonyl (C=O) groups is 1. The number of benzene rings is 1. The number of amides is 1. The molecule has 6 heteroatoms. The lowest BCUT2D eigenvalue weighted by Crippen LogP contribution is -2.39. The van der Waals surface area contributed by atoms with Gasteiger partial charge in [-0.05, 0) is 31.0 Å². The van der Waals surface area contributed by atoms with Gasteiger partial charge in [0.25, 0.3) is 5.91 Å². The zero-order chi connectivity index (χ0) is 15.9. The fourth-order valence-corrected chi connectivity index (χ4v) is 2.66. The van der Waals surface area contributed by atoms with E-state index >= 15 is 0 Å². The minimum absolute atomic E-state index is 0.0824. The Balaban J connectivity index is 2.06. The lowest BCUT2D eigenvalue weighted by molar-refractivity contribution is 0.0602. The van der Waals surface area contributed by atoms with E-state index in [1.54, 1.807) is 18.1 Å². The van der Waals surface area contributed by atoms with Crippen LogP contribution >= 0.6 is 0 Å². The maximum absolute atomic E-state index is 13.8. The van der Waals surface area contributed by atoms with Crippen LogP contribution in [0.4, 0.5) is 4.39 Å². The lowest BCUT2D eigenvalue weighted by atomic mass is 10.1. The Morgan fingerprint density at radius 2 is 2.27 bits per heavy atom. The van der Waals surface area contributed by atoms with Crippen molar-refractivity contribution in [2.75, 3.05) is 33.4 Å². The summed E-state index contributed by atoms with van der Waals surface area (Å²) in [6, 6.07) is 4.48. The normalized spacial score (nSPS) is 18.0. The zero-order valence-corrected chi connectivity index (χ0v) is 12.9. The van der Waals surface area contributed by atoms with E-state index in [1.165, 1.54) is 12.1 Å². The molecular formula is C16H23FN2O3. The van der Waals surface area contributed by atoms with E-state index in [0.29, 0.717) is 37.4 Å². The molecule has 22 heavy (non-hydrogen) atoms. The number of likely N-dealkylation sites (tertiary alicyclic amines) is 1. The molecule has 1 aromatic rings. The largest absolute Gasteiger partial charge is 0.382 e. The highest BCUT2D eigenvalue weighted by atomic mass is 19.1. The van der Waals surface area contributed by atoms with Gasteiger partial charge in [-0.3, -0.25) is 4.79 Å². The first kappa shape index (κ1) is 16.9. The first-order valence-corrected chi connectivity index (χ1v) is 7.53. The molecule has 1 aliphatic heterocycles. The Morgan fingerprint density at radius 3 is 3.00 bits per heavy atom. The molecule has 2 rings (SSSR count). The minimum atomic E-state index is -0.370. The molecule has 1 fully saturated rings. The van der Waals surface area contributed by atoms with Gasteiger partial charge in [-0.25, -0.2) is 4.39 Å². The predicted molar refractivity (Wildman–Crippen MR) is 81.0 cm³/mol. The summed E-state index contributed by atoms with van der Waals surface area (Å²) in [4.78, 5) is 14.3. The SMILES string of the molecule is COCCOCc1cc(C(=O)N2CCCC2CN)ccc1F. The van der Waals surface area contributed by atoms with Gasteiger partial charge in [0.05, 0.1) is 19.8 Å². The highest BCUT2D eigenvalue weighted by molar-refractivity contribution is 5.94. The number of hydrogen-bond acceptors (Lipinski definition) is 4. The average Bonchev–Trinajstić information content (AvgIpc) is 3.01. The molecule has 1 aliphatic rings. The third-order valence-corrected chi connectivity index (χ3v) is 3.89. The molecule has 1 atom stereocenters. The van der Waals surface area contributed by atoms with Gasteiger partial charge in [0.1, 0.15) is 5.82 Å². The monoisotopic (exact) mass is 310 g/mol. The van der Waals surface area contributed by atoms with Crippen molar-refractivity contribution in [3.05, 3.63) is 35.1 Å². The van der Waals surface area contributed by atoms with Crippen molar-refractivity contribution < 1.29 is 18.7 Å². The van der Waals surface area contributed by atoms with Gasteiger partial charge in [-0.15, -0.1) is 0 Å². The van der Waals surface area contributed by atoms with Crippen LogP contribution in [0.1, 0.15) is 28.8 Å². The maximum Gasteiger partial charge on any atom is 0.254 e. The second kappa shape index (κ2) is 8.22. The highest BCUT2D eigenvalue weighted by Crippen LogP contribution is 2.21. The van der Waals surface area contributed by atoms with Gasteiger partial charge in [0.2, 0.25) is 0 Å². The molecule has 0 radical (unpaired) electrons. The van der Waals surface area contributed by atoms with Crippen molar-refractivity contribution in [1.29, 1.82) is 0 Å². The molecule has 1 saturated heterocycles. The van der Waals surface area contributed by atoms with E-state index in [4.69, 9.17) is 15.2 Å². The summed E-state index contributed by atoms with van der Waals surface area (Å²) in [5.41, 5.74) is 6.56. The highest BCUT2D eigenvalue weighted by Gasteiger charge is 2.28. The van der Waals surface area contributed by atoms with Crippen molar-refractivity contribution in [2.45, 2.75) is 25.5 Å². The van der Waals surface area contributed by atoms with Crippen LogP contribution in [0.15, 0.2) is 18.2 Å². The molecule has 0 spiro atoms. The fraction of sp³-hybridized carbons (Fsp3) is 0.562. The van der Waals surface area contributed by atoms with E-state index in [1.807, 2.05) is 0 Å². The molecule has 122 valence electrons. The molecular weight excluding hydrogens is 287 g/mol. The van der Waals surface area contributed by atoms with Gasteiger partial charge in [-0.1, -0.05) is 0 Å². The topological polar surface area (TPSA) is 64.8 Å². The second-order valence-electron chi connectivity index (χ2n) is 5.38. The van der Waals surface area contributed by atoms with Crippen molar-refractivity contribution >= 4 is 5.91 Å². The maximum atomic E-state index is 13.8. The van der Waals surface area contributed by atoms with E-state index in [-0.39, 0.29) is 24.4 Å². The molecule has 0 aromatic heterocycles. The number of halogens is 1. The Kier molecular flexibility index (Phi) is 6.30. The molecule has 0 bridgehead atoms. The summed E-state index contributed by atoms with van der Waals surface area (Å²) in [5, 5.41) is 0. The smallest absolute Gasteiger partial charge is 0.254 e. The first-order valence-electron chi connectivity index (χ1n) is 7.53. The average molecular weight is 310 g/mol. The van der Waals surface area contributed by atoms with Crippen LogP contribution in [0.3, 0.4) is 0 Å². The van der Waals surface area contributed by atoms with Crippen LogP contribution in [-0.2, 0) is 16.1 Å². The Labute approximate surface area is 130 Å². The predicted octanol–water partition coefficient (Wildman–Crippen LogP) is 1.55. The third kappa shape index (κ3) is 4.03. The Bertz CT molecular complexity index is 510. The summed E-state index contributed by atoms with van der Waals surface area (Å²) in [7, 11) is 1.58. The van der Waals surface area contributed by atoms with Gasteiger partial charge < -0.3 is 20.1 Å². The quantitative estimate of drug-likeness (QED) is 0.776. The molecule has 1 amide bonds. The van der Waals surface area contributed by atoms with Gasteiger partial charge in [0.15, 0.2) is 0 Å². The van der Waals surface area contributed by atoms with Gasteiger partial charge >= 0.3 is 0 Å². The number of ether oxygens (including phenoxy) is 2. The van der Waals surface area contributed by atoms with E-state index in [0.717, 1.165) is 12.8 Å². The van der Waals surface area contributed by atoms with Crippen molar-refractivity contribution in [3.8, 4) is 0 Å². The number of methoxy groups -OCH3 is 1. The van der Waals surface area contributed by atoms with E-state index < -0.39 is 0 Å². The standard InChI is InChI=1S/C16H23FN2O3/c1-21-7-8-22-11-13-9-12(4-5-15(13)17)16(20)19-6-2-3-14(19)10-18/h4-5,9,14H,2-3,6-8,10-11,18H2,1H3. The third-order valence-electron chi connectivity index (χ3n) is 3.89. The van der Waals surface area contributed by atoms with Crippen LogP contribution in [0.2, 0.25) is 0 Å². The molecule has 0 aliphatic carbocycles. The van der Waals surface area contributed by atoms with E-state index in [2.05, 4.69) is 0 Å². The number of nitrogens with zero attached hydrogens (tertiary/aromatic N) is 1. The Hall–Kier alpha value is -1.50. The zero-order valence-electron chi connectivity index (χ0n) is 12.9. The summed E-state index contributed by atoms with van der Waals surface area (Å²) >= 11 is 0. The van der Waals surface area contributed by atoms with E-state index in [9.17, 15) is 9.18 Å². The summed E-state index contributed by atoms with van der Waals surface area (Å²) in [6.45, 7) is 2.12. The number of rotatable bonds is 7. The summed E-state index contributed by atoms with van der Waals surface area (Å²) < 4.78 is 24.0. The van der Waals surface area contributed by atoms with Crippen LogP contribution in [0, 0.1) is 5.82 Å². The summed E-state index contributed by atoms with van der Waals surface area (Å²) in [6.07, 6.45) is 1.89. The van der Waals surface area contributed by atoms with Crippen molar-refractivity contribution in [1.82, 2.24) is 4.90 Å². The number of carbonyl (C=O) groups excluding carboxylic acids is 1. The molecule has 1 aromatic carbocycles. The number of hydrogen-bond donors (Lipinski definition) is 1. The van der Waals surface area contributed by atoms with Gasteiger partial charge in [0, 0.05) is 37.4 Å². The van der Waals surface area contributed by atoms with Crippen molar-refractivity contribution in [2.24, 2.45) is 5.73 Å². The van der Waals surface area contributed by atoms with Gasteiger partial charge in [-0.2, -0.15) is 0 Å². The van der Waals surface area contributed by atoms with Crippen LogP contribution in [-0.4, -0.2) is 50.3 Å².